The monoisotopic (exact) mass is 262 g/mol. The van der Waals surface area contributed by atoms with E-state index in [-0.39, 0.29) is 0 Å². The van der Waals surface area contributed by atoms with Crippen molar-refractivity contribution in [2.24, 2.45) is 0 Å². The molecule has 0 fully saturated rings. The fourth-order valence-electron chi connectivity index (χ4n) is 2.02. The second kappa shape index (κ2) is 6.52. The summed E-state index contributed by atoms with van der Waals surface area (Å²) in [6, 6.07) is 2.01. The molecule has 0 aliphatic heterocycles. The number of unbranched alkanes of at least 4 members (excludes halogenated alkanes) is 1. The number of pyridine rings is 1. The van der Waals surface area contributed by atoms with Crippen molar-refractivity contribution in [3.8, 4) is 0 Å². The molecule has 0 spiro atoms. The summed E-state index contributed by atoms with van der Waals surface area (Å²) in [6.45, 7) is 6.56. The largest absolute Gasteiger partial charge is 0.381 e. The quantitative estimate of drug-likeness (QED) is 0.779. The molecule has 0 aliphatic carbocycles. The molecule has 0 unspecified atom stereocenters. The van der Waals surface area contributed by atoms with Crippen LogP contribution in [-0.4, -0.2) is 27.7 Å². The highest BCUT2D eigenvalue weighted by molar-refractivity contribution is 5.74. The first-order valence-corrected chi connectivity index (χ1v) is 6.88. The lowest BCUT2D eigenvalue weighted by Crippen LogP contribution is -2.07. The number of hydrogen-bond donors (Lipinski definition) is 1. The summed E-state index contributed by atoms with van der Waals surface area (Å²) in [7, 11) is 0. The average molecular weight is 262 g/mol. The number of anilines is 1. The van der Waals surface area contributed by atoms with Gasteiger partial charge < -0.3 is 10.5 Å². The van der Waals surface area contributed by atoms with Gasteiger partial charge in [-0.05, 0) is 31.4 Å². The highest BCUT2D eigenvalue weighted by Crippen LogP contribution is 2.16. The molecule has 104 valence electrons. The molecular formula is C14H22N4O. The summed E-state index contributed by atoms with van der Waals surface area (Å²) < 4.78 is 7.50. The van der Waals surface area contributed by atoms with Gasteiger partial charge in [-0.1, -0.05) is 13.3 Å². The van der Waals surface area contributed by atoms with Crippen molar-refractivity contribution < 1.29 is 4.74 Å². The number of nitrogens with zero attached hydrogens (tertiary/aromatic N) is 3. The Balaban J connectivity index is 1.95. The minimum Gasteiger partial charge on any atom is -0.381 e. The van der Waals surface area contributed by atoms with Gasteiger partial charge >= 0.3 is 0 Å². The molecule has 0 saturated carbocycles. The molecule has 0 radical (unpaired) electrons. The Labute approximate surface area is 113 Å². The molecule has 19 heavy (non-hydrogen) atoms. The number of aryl methyl sites for hydroxylation is 2. The summed E-state index contributed by atoms with van der Waals surface area (Å²) in [5.74, 6) is 0.529. The van der Waals surface area contributed by atoms with E-state index < -0.39 is 0 Å². The number of ether oxygens (including phenoxy) is 1. The number of nitrogen functional groups attached to an aromatic ring is 1. The van der Waals surface area contributed by atoms with Crippen molar-refractivity contribution in [1.29, 1.82) is 0 Å². The van der Waals surface area contributed by atoms with Crippen LogP contribution in [0.1, 0.15) is 31.7 Å². The second-order valence-corrected chi connectivity index (χ2v) is 4.80. The van der Waals surface area contributed by atoms with E-state index in [2.05, 4.69) is 16.9 Å². The standard InChI is InChI=1S/C14H22N4O/c1-3-4-7-19-8-5-6-18-13-12(17-14(18)15)9-11(2)10-16-13/h9-10H,3-8H2,1-2H3,(H2,15,17). The van der Waals surface area contributed by atoms with Crippen LogP contribution in [0.5, 0.6) is 0 Å². The van der Waals surface area contributed by atoms with Crippen molar-refractivity contribution in [2.75, 3.05) is 18.9 Å². The lowest BCUT2D eigenvalue weighted by molar-refractivity contribution is 0.126. The van der Waals surface area contributed by atoms with Crippen molar-refractivity contribution in [3.63, 3.8) is 0 Å². The lowest BCUT2D eigenvalue weighted by Gasteiger charge is -2.06. The zero-order valence-corrected chi connectivity index (χ0v) is 11.7. The molecule has 2 N–H and O–H groups in total. The fraction of sp³-hybridized carbons (Fsp3) is 0.571. The van der Waals surface area contributed by atoms with Crippen molar-refractivity contribution >= 4 is 17.1 Å². The molecule has 2 aromatic heterocycles. The van der Waals surface area contributed by atoms with Gasteiger partial charge in [0.2, 0.25) is 5.95 Å². The van der Waals surface area contributed by atoms with Crippen LogP contribution in [0.2, 0.25) is 0 Å². The van der Waals surface area contributed by atoms with Gasteiger partial charge in [0.1, 0.15) is 5.52 Å². The molecule has 0 aromatic carbocycles. The zero-order valence-electron chi connectivity index (χ0n) is 11.7. The maximum atomic E-state index is 5.94. The molecule has 0 amide bonds. The maximum Gasteiger partial charge on any atom is 0.202 e. The molecule has 5 nitrogen and oxygen atoms in total. The number of fused-ring (bicyclic) bond motifs is 1. The Morgan fingerprint density at radius 3 is 2.89 bits per heavy atom. The molecule has 2 aromatic rings. The molecule has 2 rings (SSSR count). The third-order valence-electron chi connectivity index (χ3n) is 3.06. The minimum absolute atomic E-state index is 0.529. The summed E-state index contributed by atoms with van der Waals surface area (Å²) in [4.78, 5) is 8.75. The topological polar surface area (TPSA) is 66.0 Å². The number of imidazole rings is 1. The van der Waals surface area contributed by atoms with E-state index in [1.807, 2.05) is 23.8 Å². The number of hydrogen-bond acceptors (Lipinski definition) is 4. The second-order valence-electron chi connectivity index (χ2n) is 4.80. The normalized spacial score (nSPS) is 11.3. The Morgan fingerprint density at radius 1 is 1.32 bits per heavy atom. The molecule has 0 bridgehead atoms. The third kappa shape index (κ3) is 3.44. The van der Waals surface area contributed by atoms with Gasteiger partial charge in [-0.3, -0.25) is 4.57 Å². The van der Waals surface area contributed by atoms with E-state index >= 15 is 0 Å². The Hall–Kier alpha value is -1.62. The fourth-order valence-corrected chi connectivity index (χ4v) is 2.02. The number of aromatic nitrogens is 3. The lowest BCUT2D eigenvalue weighted by atomic mass is 10.3. The van der Waals surface area contributed by atoms with Gasteiger partial charge in [0.15, 0.2) is 5.65 Å². The van der Waals surface area contributed by atoms with E-state index in [0.29, 0.717) is 5.95 Å². The van der Waals surface area contributed by atoms with Crippen LogP contribution >= 0.6 is 0 Å². The molecule has 0 aliphatic rings. The Morgan fingerprint density at radius 2 is 2.11 bits per heavy atom. The average Bonchev–Trinajstić information content (AvgIpc) is 2.69. The van der Waals surface area contributed by atoms with Crippen LogP contribution in [0.4, 0.5) is 5.95 Å². The first-order valence-electron chi connectivity index (χ1n) is 6.88. The van der Waals surface area contributed by atoms with Gasteiger partial charge in [-0.25, -0.2) is 9.97 Å². The first kappa shape index (κ1) is 13.8. The minimum atomic E-state index is 0.529. The summed E-state index contributed by atoms with van der Waals surface area (Å²) in [5.41, 5.74) is 8.76. The molecule has 0 atom stereocenters. The number of nitrogens with two attached hydrogens (primary N) is 1. The van der Waals surface area contributed by atoms with E-state index in [4.69, 9.17) is 10.5 Å². The van der Waals surface area contributed by atoms with E-state index in [1.165, 1.54) is 6.42 Å². The van der Waals surface area contributed by atoms with Gasteiger partial charge in [0.25, 0.3) is 0 Å². The summed E-state index contributed by atoms with van der Waals surface area (Å²) in [5, 5.41) is 0. The van der Waals surface area contributed by atoms with Crippen LogP contribution in [-0.2, 0) is 11.3 Å². The Kier molecular flexibility index (Phi) is 4.74. The van der Waals surface area contributed by atoms with Crippen LogP contribution < -0.4 is 5.73 Å². The number of rotatable bonds is 7. The molecule has 5 heteroatoms. The van der Waals surface area contributed by atoms with Gasteiger partial charge in [0.05, 0.1) is 0 Å². The van der Waals surface area contributed by atoms with Crippen LogP contribution in [0.25, 0.3) is 11.2 Å². The van der Waals surface area contributed by atoms with Gasteiger partial charge in [-0.2, -0.15) is 0 Å². The molecule has 0 saturated heterocycles. The summed E-state index contributed by atoms with van der Waals surface area (Å²) >= 11 is 0. The van der Waals surface area contributed by atoms with Crippen molar-refractivity contribution in [3.05, 3.63) is 17.8 Å². The van der Waals surface area contributed by atoms with Crippen LogP contribution in [0, 0.1) is 6.92 Å². The van der Waals surface area contributed by atoms with Crippen LogP contribution in [0.15, 0.2) is 12.3 Å². The third-order valence-corrected chi connectivity index (χ3v) is 3.06. The molecular weight excluding hydrogens is 240 g/mol. The molecule has 2 heterocycles. The first-order chi connectivity index (χ1) is 9.22. The van der Waals surface area contributed by atoms with Gasteiger partial charge in [-0.15, -0.1) is 0 Å². The van der Waals surface area contributed by atoms with E-state index in [9.17, 15) is 0 Å². The maximum absolute atomic E-state index is 5.94. The Bertz CT molecular complexity index is 535. The summed E-state index contributed by atoms with van der Waals surface area (Å²) in [6.07, 6.45) is 5.06. The van der Waals surface area contributed by atoms with E-state index in [1.54, 1.807) is 0 Å². The predicted molar refractivity (Wildman–Crippen MR) is 77.0 cm³/mol. The van der Waals surface area contributed by atoms with E-state index in [0.717, 1.165) is 49.3 Å². The predicted octanol–water partition coefficient (Wildman–Crippen LogP) is 2.53. The van der Waals surface area contributed by atoms with Crippen molar-refractivity contribution in [1.82, 2.24) is 14.5 Å². The highest BCUT2D eigenvalue weighted by Gasteiger charge is 2.08. The van der Waals surface area contributed by atoms with Crippen LogP contribution in [0.3, 0.4) is 0 Å². The smallest absolute Gasteiger partial charge is 0.202 e. The highest BCUT2D eigenvalue weighted by atomic mass is 16.5. The van der Waals surface area contributed by atoms with Crippen molar-refractivity contribution in [2.45, 2.75) is 39.7 Å². The van der Waals surface area contributed by atoms with Gasteiger partial charge in [0, 0.05) is 26.0 Å². The SMILES string of the molecule is CCCCOCCCn1c(N)nc2cc(C)cnc21. The zero-order chi connectivity index (χ0) is 13.7.